The van der Waals surface area contributed by atoms with Gasteiger partial charge in [0, 0.05) is 19.8 Å². The van der Waals surface area contributed by atoms with E-state index in [0.717, 1.165) is 0 Å². The molecule has 0 saturated heterocycles. The summed E-state index contributed by atoms with van der Waals surface area (Å²) in [6, 6.07) is 7.21. The molecule has 0 unspecified atom stereocenters. The van der Waals surface area contributed by atoms with Crippen LogP contribution in [0.4, 0.5) is 13.2 Å². The number of methoxy groups -OCH3 is 2. The Morgan fingerprint density at radius 2 is 1.74 bits per heavy atom. The van der Waals surface area contributed by atoms with Crippen LogP contribution in [0.2, 0.25) is 0 Å². The summed E-state index contributed by atoms with van der Waals surface area (Å²) < 4.78 is 48.0. The van der Waals surface area contributed by atoms with Crippen molar-refractivity contribution in [3.8, 4) is 0 Å². The van der Waals surface area contributed by atoms with Crippen LogP contribution in [-0.2, 0) is 14.3 Å². The molecule has 0 amide bonds. The van der Waals surface area contributed by atoms with Crippen molar-refractivity contribution in [1.29, 1.82) is 0 Å². The third-order valence-corrected chi connectivity index (χ3v) is 2.21. The molecule has 0 radical (unpaired) electrons. The second-order valence-electron chi connectivity index (χ2n) is 3.50. The van der Waals surface area contributed by atoms with Gasteiger partial charge in [-0.1, -0.05) is 35.5 Å². The minimum Gasteiger partial charge on any atom is -0.390 e. The second kappa shape index (κ2) is 7.10. The third kappa shape index (κ3) is 4.88. The van der Waals surface area contributed by atoms with Crippen LogP contribution < -0.4 is 0 Å². The molecule has 1 aromatic rings. The van der Waals surface area contributed by atoms with Gasteiger partial charge >= 0.3 is 6.18 Å². The lowest BCUT2D eigenvalue weighted by molar-refractivity contribution is -0.141. The van der Waals surface area contributed by atoms with Gasteiger partial charge in [-0.25, -0.2) is 0 Å². The Balaban J connectivity index is 2.82. The predicted octanol–water partition coefficient (Wildman–Crippen LogP) is 2.59. The van der Waals surface area contributed by atoms with Crippen LogP contribution >= 0.6 is 0 Å². The number of benzene rings is 1. The van der Waals surface area contributed by atoms with E-state index in [1.54, 1.807) is 6.07 Å². The molecule has 0 N–H and O–H groups in total. The Bertz CT molecular complexity index is 402. The Kier molecular flexibility index (Phi) is 5.78. The van der Waals surface area contributed by atoms with Crippen molar-refractivity contribution >= 4 is 5.71 Å². The molecule has 0 aliphatic heterocycles. The fourth-order valence-electron chi connectivity index (χ4n) is 1.26. The van der Waals surface area contributed by atoms with E-state index in [1.165, 1.54) is 38.5 Å². The molecule has 0 bridgehead atoms. The number of halogens is 3. The predicted molar refractivity (Wildman–Crippen MR) is 62.8 cm³/mol. The van der Waals surface area contributed by atoms with E-state index in [9.17, 15) is 13.2 Å². The first-order valence-electron chi connectivity index (χ1n) is 5.37. The molecule has 0 fully saturated rings. The molecule has 0 saturated carbocycles. The molecular weight excluding hydrogens is 263 g/mol. The van der Waals surface area contributed by atoms with Gasteiger partial charge in [0.25, 0.3) is 0 Å². The maximum atomic E-state index is 12.8. The van der Waals surface area contributed by atoms with Crippen molar-refractivity contribution < 1.29 is 27.5 Å². The lowest BCUT2D eigenvalue weighted by atomic mass is 10.1. The van der Waals surface area contributed by atoms with Crippen LogP contribution in [0.5, 0.6) is 0 Å². The molecule has 1 rings (SSSR count). The summed E-state index contributed by atoms with van der Waals surface area (Å²) in [5.74, 6) is 0. The number of hydrogen-bond donors (Lipinski definition) is 0. The smallest absolute Gasteiger partial charge is 0.390 e. The minimum absolute atomic E-state index is 0.0682. The largest absolute Gasteiger partial charge is 0.437 e. The van der Waals surface area contributed by atoms with Gasteiger partial charge < -0.3 is 14.3 Å². The molecule has 0 spiro atoms. The van der Waals surface area contributed by atoms with Crippen LogP contribution in [0.1, 0.15) is 5.56 Å². The number of rotatable bonds is 6. The maximum Gasteiger partial charge on any atom is 0.437 e. The highest BCUT2D eigenvalue weighted by Gasteiger charge is 2.37. The number of hydrogen-bond acceptors (Lipinski definition) is 4. The Morgan fingerprint density at radius 1 is 1.16 bits per heavy atom. The fourth-order valence-corrected chi connectivity index (χ4v) is 1.26. The average Bonchev–Trinajstić information content (AvgIpc) is 2.38. The quantitative estimate of drug-likeness (QED) is 0.456. The molecule has 106 valence electrons. The Morgan fingerprint density at radius 3 is 2.21 bits per heavy atom. The Labute approximate surface area is 108 Å². The van der Waals surface area contributed by atoms with E-state index in [4.69, 9.17) is 9.47 Å². The lowest BCUT2D eigenvalue weighted by Gasteiger charge is -2.13. The first kappa shape index (κ1) is 15.5. The zero-order valence-electron chi connectivity index (χ0n) is 10.5. The van der Waals surface area contributed by atoms with Gasteiger partial charge in [-0.15, -0.1) is 0 Å². The molecule has 7 heteroatoms. The highest BCUT2D eigenvalue weighted by molar-refractivity contribution is 6.04. The molecular formula is C12H14F3NO3. The molecule has 4 nitrogen and oxygen atoms in total. The summed E-state index contributed by atoms with van der Waals surface area (Å²) in [5, 5.41) is 3.13. The highest BCUT2D eigenvalue weighted by atomic mass is 19.4. The molecule has 0 aromatic heterocycles. The van der Waals surface area contributed by atoms with E-state index in [0.29, 0.717) is 0 Å². The van der Waals surface area contributed by atoms with Gasteiger partial charge in [0.2, 0.25) is 0 Å². The van der Waals surface area contributed by atoms with E-state index in [-0.39, 0.29) is 12.2 Å². The van der Waals surface area contributed by atoms with Crippen LogP contribution in [0.25, 0.3) is 0 Å². The average molecular weight is 277 g/mol. The summed E-state index contributed by atoms with van der Waals surface area (Å²) >= 11 is 0. The zero-order valence-corrected chi connectivity index (χ0v) is 10.5. The van der Waals surface area contributed by atoms with Crippen LogP contribution in [-0.4, -0.2) is 39.0 Å². The number of oxime groups is 1. The maximum absolute atomic E-state index is 12.8. The fraction of sp³-hybridized carbons (Fsp3) is 0.417. The summed E-state index contributed by atoms with van der Waals surface area (Å²) in [7, 11) is 2.70. The third-order valence-electron chi connectivity index (χ3n) is 2.21. The minimum atomic E-state index is -4.60. The highest BCUT2D eigenvalue weighted by Crippen LogP contribution is 2.22. The summed E-state index contributed by atoms with van der Waals surface area (Å²) in [6.07, 6.45) is -5.37. The zero-order chi connectivity index (χ0) is 14.3. The van der Waals surface area contributed by atoms with E-state index in [1.807, 2.05) is 0 Å². The number of ether oxygens (including phenoxy) is 2. The second-order valence-corrected chi connectivity index (χ2v) is 3.50. The van der Waals surface area contributed by atoms with E-state index in [2.05, 4.69) is 9.99 Å². The van der Waals surface area contributed by atoms with Gasteiger partial charge in [-0.3, -0.25) is 0 Å². The van der Waals surface area contributed by atoms with E-state index >= 15 is 0 Å². The Hall–Kier alpha value is -1.60. The van der Waals surface area contributed by atoms with Crippen LogP contribution in [0.15, 0.2) is 35.5 Å². The standard InChI is InChI=1S/C12H14F3NO3/c1-17-10(18-2)8-19-16-11(12(13,14)15)9-6-4-3-5-7-9/h3-7,10H,8H2,1-2H3. The number of nitrogens with zero attached hydrogens (tertiary/aromatic N) is 1. The van der Waals surface area contributed by atoms with Crippen molar-refractivity contribution in [3.05, 3.63) is 35.9 Å². The molecule has 0 aliphatic carbocycles. The van der Waals surface area contributed by atoms with Crippen molar-refractivity contribution in [2.24, 2.45) is 5.16 Å². The summed E-state index contributed by atoms with van der Waals surface area (Å²) in [6.45, 7) is -0.237. The van der Waals surface area contributed by atoms with Crippen molar-refractivity contribution in [3.63, 3.8) is 0 Å². The van der Waals surface area contributed by atoms with Gasteiger partial charge in [0.05, 0.1) is 0 Å². The van der Waals surface area contributed by atoms with Crippen LogP contribution in [0.3, 0.4) is 0 Å². The van der Waals surface area contributed by atoms with E-state index < -0.39 is 18.2 Å². The normalized spacial score (nSPS) is 12.8. The van der Waals surface area contributed by atoms with Gasteiger partial charge in [-0.2, -0.15) is 13.2 Å². The van der Waals surface area contributed by atoms with Crippen molar-refractivity contribution in [1.82, 2.24) is 0 Å². The van der Waals surface area contributed by atoms with Gasteiger partial charge in [0.1, 0.15) is 0 Å². The summed E-state index contributed by atoms with van der Waals surface area (Å²) in [5.41, 5.74) is -1.17. The van der Waals surface area contributed by atoms with Gasteiger partial charge in [-0.05, 0) is 0 Å². The molecule has 0 heterocycles. The molecule has 0 aliphatic rings. The molecule has 1 aromatic carbocycles. The monoisotopic (exact) mass is 277 g/mol. The van der Waals surface area contributed by atoms with Crippen molar-refractivity contribution in [2.75, 3.05) is 20.8 Å². The molecule has 19 heavy (non-hydrogen) atoms. The lowest BCUT2D eigenvalue weighted by Crippen LogP contribution is -2.25. The summed E-state index contributed by atoms with van der Waals surface area (Å²) in [4.78, 5) is 4.64. The molecule has 0 atom stereocenters. The topological polar surface area (TPSA) is 40.0 Å². The van der Waals surface area contributed by atoms with Gasteiger partial charge in [0.15, 0.2) is 18.6 Å². The van der Waals surface area contributed by atoms with Crippen molar-refractivity contribution in [2.45, 2.75) is 12.5 Å². The number of alkyl halides is 3. The van der Waals surface area contributed by atoms with Crippen LogP contribution in [0, 0.1) is 0 Å². The first-order valence-corrected chi connectivity index (χ1v) is 5.37. The SMILES string of the molecule is COC(CON=C(c1ccccc1)C(F)(F)F)OC. The first-order chi connectivity index (χ1) is 8.99.